The molecule has 0 saturated carbocycles. The first kappa shape index (κ1) is 35.9. The summed E-state index contributed by atoms with van der Waals surface area (Å²) in [6.07, 6.45) is -15.7. The fourth-order valence-corrected chi connectivity index (χ4v) is 2.52. The van der Waals surface area contributed by atoms with E-state index in [-0.39, 0.29) is 25.1 Å². The molecule has 3 N–H and O–H groups in total. The minimum absolute atomic E-state index is 0.0219. The van der Waals surface area contributed by atoms with Crippen molar-refractivity contribution >= 4 is 30.6 Å². The molecule has 18 heteroatoms. The van der Waals surface area contributed by atoms with Gasteiger partial charge in [0.05, 0.1) is 0 Å². The summed E-state index contributed by atoms with van der Waals surface area (Å²) in [6, 6.07) is -1.56. The first-order valence-corrected chi connectivity index (χ1v) is 11.3. The van der Waals surface area contributed by atoms with Crippen LogP contribution in [0.15, 0.2) is 0 Å². The molecule has 0 rings (SSSR count). The number of nitrogens with zero attached hydrogens (tertiary/aromatic N) is 1. The molecule has 0 aromatic rings. The molecule has 11 nitrogen and oxygen atoms in total. The maximum atomic E-state index is 12.7. The zero-order valence-electron chi connectivity index (χ0n) is 22.1. The molecular formula is C21H31BF6N4O7. The average Bonchev–Trinajstić information content (AvgIpc) is 2.75. The van der Waals surface area contributed by atoms with Gasteiger partial charge in [-0.15, -0.1) is 0 Å². The number of carbonyl (C=O) groups is 3. The van der Waals surface area contributed by atoms with Crippen molar-refractivity contribution in [3.05, 3.63) is 0 Å². The van der Waals surface area contributed by atoms with Gasteiger partial charge in [0, 0.05) is 0 Å². The zero-order chi connectivity index (χ0) is 30.7. The first-order valence-electron chi connectivity index (χ1n) is 11.3. The molecule has 0 aromatic heterocycles. The molecule has 2 amide bonds. The molecular weight excluding hydrogens is 545 g/mol. The Morgan fingerprint density at radius 3 is 2.03 bits per heavy atom. The summed E-state index contributed by atoms with van der Waals surface area (Å²) < 4.78 is 94.8. The van der Waals surface area contributed by atoms with Crippen LogP contribution in [0, 0.1) is 11.5 Å². The van der Waals surface area contributed by atoms with E-state index in [0.717, 1.165) is 7.12 Å². The van der Waals surface area contributed by atoms with Crippen molar-refractivity contribution in [1.29, 1.82) is 5.26 Å². The number of ketones is 1. The van der Waals surface area contributed by atoms with E-state index in [9.17, 15) is 40.7 Å². The summed E-state index contributed by atoms with van der Waals surface area (Å²) in [6.45, 7) is 5.76. The van der Waals surface area contributed by atoms with Crippen LogP contribution in [0.3, 0.4) is 0 Å². The summed E-state index contributed by atoms with van der Waals surface area (Å²) in [4.78, 5) is 36.9. The van der Waals surface area contributed by atoms with Gasteiger partial charge in [0.2, 0.25) is 0 Å². The van der Waals surface area contributed by atoms with E-state index in [4.69, 9.17) is 14.7 Å². The second-order valence-corrected chi connectivity index (χ2v) is 9.42. The van der Waals surface area contributed by atoms with E-state index < -0.39 is 60.1 Å². The van der Waals surface area contributed by atoms with Gasteiger partial charge in [0.1, 0.15) is 0 Å². The topological polar surface area (TPSA) is 148 Å². The molecule has 1 atom stereocenters. The van der Waals surface area contributed by atoms with Crippen LogP contribution in [0.2, 0.25) is 0 Å². The number of hydrogen-bond donors (Lipinski definition) is 3. The fraction of sp³-hybridized carbons (Fsp3) is 0.762. The van der Waals surface area contributed by atoms with E-state index in [1.54, 1.807) is 20.8 Å². The number of alkyl carbamates (subject to hydrolysis) is 1. The molecule has 222 valence electrons. The van der Waals surface area contributed by atoms with Gasteiger partial charge in [-0.3, -0.25) is 0 Å². The van der Waals surface area contributed by atoms with Crippen molar-refractivity contribution in [1.82, 2.24) is 16.0 Å². The number of methoxy groups -OCH3 is 1. The van der Waals surface area contributed by atoms with Crippen LogP contribution in [-0.4, -0.2) is 86.6 Å². The molecule has 0 saturated heterocycles. The van der Waals surface area contributed by atoms with Gasteiger partial charge in [-0.25, -0.2) is 0 Å². The van der Waals surface area contributed by atoms with E-state index in [0.29, 0.717) is 0 Å². The van der Waals surface area contributed by atoms with Crippen LogP contribution >= 0.6 is 0 Å². The van der Waals surface area contributed by atoms with E-state index >= 15 is 0 Å². The Hall–Kier alpha value is -3.07. The standard InChI is InChI=1S/C21H31BF6N4O7/c1-18(2,3)39-17(35)32-16(22-38-11-29)30-9-7-8-12(31-15(34)19(4,5)36-6)13(33)10-37-14(20(23,24)25)21(26,27)28/h12,14,30H,7-10H2,1-6H3,(H,31,34)(H,32,35). The molecule has 39 heavy (non-hydrogen) atoms. The number of hydrogen-bond acceptors (Lipinski definition) is 9. The predicted molar refractivity (Wildman–Crippen MR) is 124 cm³/mol. The molecule has 0 bridgehead atoms. The number of nitrogens with one attached hydrogen (secondary N) is 3. The van der Waals surface area contributed by atoms with Gasteiger partial charge < -0.3 is 0 Å². The van der Waals surface area contributed by atoms with Crippen LogP contribution in [0.1, 0.15) is 47.5 Å². The molecule has 0 aromatic carbocycles. The molecule has 0 aliphatic heterocycles. The number of rotatable bonds is 14. The average molecular weight is 576 g/mol. The van der Waals surface area contributed by atoms with Crippen LogP contribution in [0.5, 0.6) is 0 Å². The Labute approximate surface area is 221 Å². The predicted octanol–water partition coefficient (Wildman–Crippen LogP) is 2.07. The van der Waals surface area contributed by atoms with Gasteiger partial charge in [-0.2, -0.15) is 0 Å². The molecule has 0 radical (unpaired) electrons. The first-order chi connectivity index (χ1) is 17.6. The second-order valence-electron chi connectivity index (χ2n) is 9.42. The SMILES string of the molecule is COC(C)(C)C(=O)NC(CCCNC(=BOC#N)NC(=O)OC(C)(C)C)C(=O)COC(C(F)(F)F)C(F)(F)F. The fourth-order valence-electron chi connectivity index (χ4n) is 2.52. The van der Waals surface area contributed by atoms with Gasteiger partial charge >= 0.3 is 221 Å². The number of amides is 2. The number of Topliss-reactive ketones (excluding diaryl/α,β-unsaturated/α-hetero) is 1. The minimum atomic E-state index is -5.82. The number of halogens is 6. The number of alkyl halides is 6. The Bertz CT molecular complexity index is 900. The molecule has 0 fully saturated rings. The summed E-state index contributed by atoms with van der Waals surface area (Å²) in [5.41, 5.74) is -2.48. The summed E-state index contributed by atoms with van der Waals surface area (Å²) in [7, 11) is 2.01. The van der Waals surface area contributed by atoms with Crippen molar-refractivity contribution in [2.75, 3.05) is 20.3 Å². The number of ether oxygens (including phenoxy) is 3. The van der Waals surface area contributed by atoms with Crippen molar-refractivity contribution in [2.45, 2.75) is 83.2 Å². The normalized spacial score (nSPS) is 13.6. The van der Waals surface area contributed by atoms with Gasteiger partial charge in [-0.1, -0.05) is 0 Å². The third kappa shape index (κ3) is 14.6. The third-order valence-electron chi connectivity index (χ3n) is 4.59. The summed E-state index contributed by atoms with van der Waals surface area (Å²) >= 11 is 0. The van der Waals surface area contributed by atoms with E-state index in [1.807, 2.05) is 0 Å². The second kappa shape index (κ2) is 14.9. The van der Waals surface area contributed by atoms with E-state index in [2.05, 4.69) is 25.3 Å². The van der Waals surface area contributed by atoms with Crippen LogP contribution in [-0.2, 0) is 28.5 Å². The zero-order valence-corrected chi connectivity index (χ0v) is 22.1. The summed E-state index contributed by atoms with van der Waals surface area (Å²) in [5, 5.41) is 15.7. The summed E-state index contributed by atoms with van der Waals surface area (Å²) in [5.74, 6) is -2.13. The van der Waals surface area contributed by atoms with Crippen LogP contribution in [0.25, 0.3) is 0 Å². The van der Waals surface area contributed by atoms with Crippen molar-refractivity contribution < 1.29 is 59.6 Å². The molecule has 0 aliphatic rings. The van der Waals surface area contributed by atoms with Gasteiger partial charge in [0.25, 0.3) is 0 Å². The molecule has 0 heterocycles. The van der Waals surface area contributed by atoms with Gasteiger partial charge in [0.15, 0.2) is 0 Å². The number of nitriles is 1. The molecule has 0 spiro atoms. The molecule has 0 aliphatic carbocycles. The van der Waals surface area contributed by atoms with Gasteiger partial charge in [-0.05, 0) is 0 Å². The van der Waals surface area contributed by atoms with Crippen molar-refractivity contribution in [3.63, 3.8) is 0 Å². The number of carbonyl (C=O) groups excluding carboxylic acids is 3. The van der Waals surface area contributed by atoms with Crippen LogP contribution < -0.4 is 16.0 Å². The monoisotopic (exact) mass is 576 g/mol. The quantitative estimate of drug-likeness (QED) is 0.122. The Balaban J connectivity index is 5.45. The van der Waals surface area contributed by atoms with Crippen LogP contribution in [0.4, 0.5) is 31.1 Å². The Kier molecular flexibility index (Phi) is 13.7. The third-order valence-corrected chi connectivity index (χ3v) is 4.59. The maximum absolute atomic E-state index is 12.7. The Morgan fingerprint density at radius 1 is 1.00 bits per heavy atom. The van der Waals surface area contributed by atoms with Crippen molar-refractivity contribution in [3.8, 4) is 6.26 Å². The molecule has 1 unspecified atom stereocenters. The Morgan fingerprint density at radius 2 is 1.56 bits per heavy atom. The van der Waals surface area contributed by atoms with E-state index in [1.165, 1.54) is 27.2 Å². The van der Waals surface area contributed by atoms with Crippen molar-refractivity contribution in [2.24, 2.45) is 0 Å².